The van der Waals surface area contributed by atoms with E-state index in [1.165, 1.54) is 11.6 Å². The van der Waals surface area contributed by atoms with Crippen LogP contribution < -0.4 is 4.18 Å². The highest BCUT2D eigenvalue weighted by molar-refractivity contribution is 7.88. The second-order valence-corrected chi connectivity index (χ2v) is 15.8. The Morgan fingerprint density at radius 3 is 2.27 bits per heavy atom. The third-order valence-corrected chi connectivity index (χ3v) is 12.3. The number of halogens is 2. The molecule has 0 N–H and O–H groups in total. The topological polar surface area (TPSA) is 61.2 Å². The molecule has 0 aliphatic heterocycles. The van der Waals surface area contributed by atoms with Gasteiger partial charge in [0.05, 0.1) is 16.6 Å². The average molecular weight is 661 g/mol. The minimum absolute atomic E-state index is 0.0382. The molecule has 2 fully saturated rings. The van der Waals surface area contributed by atoms with Gasteiger partial charge in [-0.05, 0) is 83.9 Å². The fourth-order valence-corrected chi connectivity index (χ4v) is 10.2. The minimum atomic E-state index is -5.36. The van der Waals surface area contributed by atoms with Crippen LogP contribution in [-0.4, -0.2) is 23.2 Å². The first kappa shape index (κ1) is 29.6. The van der Waals surface area contributed by atoms with Gasteiger partial charge in [0.2, 0.25) is 0 Å². The van der Waals surface area contributed by atoms with Crippen LogP contribution in [-0.2, 0) is 10.1 Å². The zero-order valence-corrected chi connectivity index (χ0v) is 27.3. The number of benzene rings is 5. The summed E-state index contributed by atoms with van der Waals surface area (Å²) in [6, 6.07) is 32.2. The second-order valence-electron chi connectivity index (χ2n) is 14.1. The molecule has 2 saturated carbocycles. The van der Waals surface area contributed by atoms with Gasteiger partial charge < -0.3 is 4.18 Å². The summed E-state index contributed by atoms with van der Waals surface area (Å²) in [5.41, 5.74) is 3.18. The lowest BCUT2D eigenvalue weighted by Gasteiger charge is -2.49. The normalized spacial score (nSPS) is 23.6. The quantitative estimate of drug-likeness (QED) is 0.0972. The summed E-state index contributed by atoms with van der Waals surface area (Å²) in [5.74, 6) is 1.04. The van der Waals surface area contributed by atoms with Gasteiger partial charge in [-0.1, -0.05) is 97.4 Å². The summed E-state index contributed by atoms with van der Waals surface area (Å²) < 4.78 is 66.9. The van der Waals surface area contributed by atoms with Crippen LogP contribution in [0.25, 0.3) is 49.7 Å². The zero-order chi connectivity index (χ0) is 32.8. The number of hydrogen-bond donors (Lipinski definition) is 0. The van der Waals surface area contributed by atoms with E-state index in [2.05, 4.69) is 25.1 Å². The van der Waals surface area contributed by atoms with Crippen LogP contribution in [0.15, 0.2) is 115 Å². The summed E-state index contributed by atoms with van der Waals surface area (Å²) in [6.07, 6.45) is 4.53. The van der Waals surface area contributed by atoms with Crippen molar-refractivity contribution in [3.05, 3.63) is 115 Å². The third kappa shape index (κ3) is 4.38. The first-order valence-corrected chi connectivity index (χ1v) is 18.0. The molecule has 0 amide bonds. The van der Waals surface area contributed by atoms with Gasteiger partial charge in [0, 0.05) is 22.9 Å². The van der Waals surface area contributed by atoms with Crippen molar-refractivity contribution in [2.45, 2.75) is 44.3 Å². The van der Waals surface area contributed by atoms with Crippen LogP contribution in [0.3, 0.4) is 0 Å². The fourth-order valence-electron chi connectivity index (χ4n) is 9.21. The summed E-state index contributed by atoms with van der Waals surface area (Å²) in [5, 5.41) is -0.0842. The van der Waals surface area contributed by atoms with Crippen molar-refractivity contribution >= 4 is 42.7 Å². The molecule has 5 nitrogen and oxygen atoms in total. The SMILES string of the molecule is CC1C=C2CC3(CC(F)(F)S(=O)(=O)Oc4ccccc4-c4nc5c6ccccc6c6ccccc6c5n4-c4ccccc4)CC(C1)CC23. The van der Waals surface area contributed by atoms with Gasteiger partial charge in [0.1, 0.15) is 5.82 Å². The molecule has 5 aromatic carbocycles. The average Bonchev–Trinajstić information content (AvgIpc) is 3.55. The number of hydrogen-bond acceptors (Lipinski definition) is 4. The molecule has 48 heavy (non-hydrogen) atoms. The number of imidazole rings is 1. The molecular formula is C40H34F2N2O3S. The number of nitrogens with zero attached hydrogens (tertiary/aromatic N) is 2. The lowest BCUT2D eigenvalue weighted by atomic mass is 9.56. The number of aromatic nitrogens is 2. The third-order valence-electron chi connectivity index (χ3n) is 11.0. The van der Waals surface area contributed by atoms with Gasteiger partial charge in [0.15, 0.2) is 5.75 Å². The van der Waals surface area contributed by atoms with Crippen molar-refractivity contribution in [3.63, 3.8) is 0 Å². The Morgan fingerprint density at radius 1 is 0.854 bits per heavy atom. The molecule has 9 rings (SSSR count). The number of rotatable bonds is 7. The van der Waals surface area contributed by atoms with E-state index < -0.39 is 27.2 Å². The molecule has 0 radical (unpaired) electrons. The van der Waals surface area contributed by atoms with Gasteiger partial charge in [-0.2, -0.15) is 17.2 Å². The van der Waals surface area contributed by atoms with Crippen LogP contribution >= 0.6 is 0 Å². The van der Waals surface area contributed by atoms with Crippen LogP contribution in [0.4, 0.5) is 8.78 Å². The first-order chi connectivity index (χ1) is 23.1. The number of para-hydroxylation sites is 2. The predicted molar refractivity (Wildman–Crippen MR) is 186 cm³/mol. The van der Waals surface area contributed by atoms with Gasteiger partial charge in [0.25, 0.3) is 0 Å². The molecule has 0 saturated heterocycles. The van der Waals surface area contributed by atoms with Crippen LogP contribution in [0.2, 0.25) is 0 Å². The van der Waals surface area contributed by atoms with E-state index in [9.17, 15) is 8.42 Å². The van der Waals surface area contributed by atoms with E-state index >= 15 is 8.78 Å². The van der Waals surface area contributed by atoms with Gasteiger partial charge >= 0.3 is 15.4 Å². The Labute approximate surface area is 278 Å². The van der Waals surface area contributed by atoms with Crippen molar-refractivity contribution in [1.29, 1.82) is 0 Å². The summed E-state index contributed by atoms with van der Waals surface area (Å²) >= 11 is 0. The Kier molecular flexibility index (Phi) is 6.45. The Balaban J connectivity index is 1.18. The van der Waals surface area contributed by atoms with Gasteiger partial charge in [-0.3, -0.25) is 4.57 Å². The van der Waals surface area contributed by atoms with Crippen molar-refractivity contribution in [3.8, 4) is 22.8 Å². The Bertz CT molecular complexity index is 2400. The maximum absolute atomic E-state index is 16.1. The molecule has 3 aliphatic carbocycles. The maximum atomic E-state index is 16.1. The van der Waals surface area contributed by atoms with Gasteiger partial charge in [-0.15, -0.1) is 0 Å². The monoisotopic (exact) mass is 660 g/mol. The van der Waals surface area contributed by atoms with E-state index in [0.717, 1.165) is 51.1 Å². The molecule has 1 aromatic heterocycles. The predicted octanol–water partition coefficient (Wildman–Crippen LogP) is 10.1. The number of allylic oxidation sites excluding steroid dienone is 2. The van der Waals surface area contributed by atoms with Crippen molar-refractivity contribution in [2.24, 2.45) is 23.2 Å². The number of fused-ring (bicyclic) bond motifs is 7. The van der Waals surface area contributed by atoms with Crippen LogP contribution in [0.5, 0.6) is 5.75 Å². The molecule has 4 atom stereocenters. The molecule has 2 bridgehead atoms. The lowest BCUT2D eigenvalue weighted by molar-refractivity contribution is -0.0132. The van der Waals surface area contributed by atoms with Crippen LogP contribution in [0, 0.1) is 23.2 Å². The van der Waals surface area contributed by atoms with E-state index in [1.807, 2.05) is 71.3 Å². The van der Waals surface area contributed by atoms with Crippen molar-refractivity contribution in [2.75, 3.05) is 0 Å². The molecule has 3 aliphatic rings. The highest BCUT2D eigenvalue weighted by Gasteiger charge is 2.63. The molecular weight excluding hydrogens is 627 g/mol. The highest BCUT2D eigenvalue weighted by Crippen LogP contribution is 2.68. The minimum Gasteiger partial charge on any atom is -0.377 e. The maximum Gasteiger partial charge on any atom is 0.381 e. The lowest BCUT2D eigenvalue weighted by Crippen LogP contribution is -2.46. The van der Waals surface area contributed by atoms with Crippen LogP contribution in [0.1, 0.15) is 39.0 Å². The first-order valence-electron chi connectivity index (χ1n) is 16.6. The largest absolute Gasteiger partial charge is 0.381 e. The summed E-state index contributed by atoms with van der Waals surface area (Å²) in [7, 11) is -5.36. The second kappa shape index (κ2) is 10.5. The summed E-state index contributed by atoms with van der Waals surface area (Å²) in [4.78, 5) is 5.14. The summed E-state index contributed by atoms with van der Waals surface area (Å²) in [6.45, 7) is 2.18. The van der Waals surface area contributed by atoms with E-state index in [4.69, 9.17) is 9.17 Å². The standard InChI is InChI=1S/C40H34F2N2O3S/c1-25-19-26-21-34-27(20-25)23-39(34,22-26)24-40(41,42)48(45,46)47-35-18-10-9-17-33(35)38-43-36-31-15-7-5-13-29(31)30-14-6-8-16-32(30)37(36)44(38)28-11-3-2-4-12-28/h2-18,20,25-26,34H,19,21-24H2,1H3. The molecule has 8 heteroatoms. The Morgan fingerprint density at radius 2 is 1.50 bits per heavy atom. The zero-order valence-electron chi connectivity index (χ0n) is 26.4. The van der Waals surface area contributed by atoms with Gasteiger partial charge in [-0.25, -0.2) is 4.98 Å². The number of alkyl halides is 2. The molecule has 1 heterocycles. The fraction of sp³-hybridized carbons (Fsp3) is 0.275. The van der Waals surface area contributed by atoms with E-state index in [-0.39, 0.29) is 11.7 Å². The molecule has 0 spiro atoms. The van der Waals surface area contributed by atoms with Crippen molar-refractivity contribution in [1.82, 2.24) is 9.55 Å². The molecule has 4 unspecified atom stereocenters. The van der Waals surface area contributed by atoms with E-state index in [0.29, 0.717) is 36.1 Å². The van der Waals surface area contributed by atoms with E-state index in [1.54, 1.807) is 18.2 Å². The van der Waals surface area contributed by atoms with Crippen molar-refractivity contribution < 1.29 is 21.4 Å². The smallest absolute Gasteiger partial charge is 0.377 e. The highest BCUT2D eigenvalue weighted by atomic mass is 32.2. The molecule has 242 valence electrons. The Hall–Kier alpha value is -4.56. The molecule has 6 aromatic rings.